The average Bonchev–Trinajstić information content (AvgIpc) is 3.05. The summed E-state index contributed by atoms with van der Waals surface area (Å²) in [6.45, 7) is 2.85. The number of aliphatic hydroxyl groups is 1. The summed E-state index contributed by atoms with van der Waals surface area (Å²) in [4.78, 5) is 17.2. The number of rotatable bonds is 2. The number of hydrogen-bond acceptors (Lipinski definition) is 6. The first-order chi connectivity index (χ1) is 22.4. The zero-order valence-corrected chi connectivity index (χ0v) is 27.8. The fourth-order valence-electron chi connectivity index (χ4n) is 6.07. The van der Waals surface area contributed by atoms with Gasteiger partial charge in [-0.1, -0.05) is 91.0 Å². The summed E-state index contributed by atoms with van der Waals surface area (Å²) < 4.78 is 13.2. The number of anilines is 3. The molecule has 0 saturated heterocycles. The van der Waals surface area contributed by atoms with Crippen molar-refractivity contribution in [3.05, 3.63) is 133 Å². The molecule has 0 bridgehead atoms. The van der Waals surface area contributed by atoms with Crippen LogP contribution in [0.25, 0.3) is 43.7 Å². The van der Waals surface area contributed by atoms with Crippen LogP contribution in [0.1, 0.15) is 13.8 Å². The third kappa shape index (κ3) is 5.50. The van der Waals surface area contributed by atoms with Crippen LogP contribution in [-0.4, -0.2) is 15.9 Å². The molecule has 1 N–H and O–H groups in total. The molecular weight excluding hydrogens is 765 g/mol. The first-order valence-electron chi connectivity index (χ1n) is 15.0. The summed E-state index contributed by atoms with van der Waals surface area (Å²) >= 11 is 0. The molecular formula is C40H27IrN2O4-. The zero-order chi connectivity index (χ0) is 31.4. The smallest absolute Gasteiger partial charge is 0.155 e. The Morgan fingerprint density at radius 3 is 1.83 bits per heavy atom. The molecule has 0 spiro atoms. The molecule has 9 rings (SSSR count). The number of pyridine rings is 1. The number of carbonyl (C=O) groups is 1. The van der Waals surface area contributed by atoms with Gasteiger partial charge in [-0.25, -0.2) is 0 Å². The van der Waals surface area contributed by atoms with Crippen LogP contribution in [0.3, 0.4) is 0 Å². The quantitative estimate of drug-likeness (QED) is 0.107. The molecule has 1 aromatic heterocycles. The van der Waals surface area contributed by atoms with Crippen LogP contribution in [0, 0.1) is 6.07 Å². The van der Waals surface area contributed by atoms with Gasteiger partial charge in [-0.05, 0) is 76.8 Å². The van der Waals surface area contributed by atoms with Crippen LogP contribution in [0.5, 0.6) is 23.0 Å². The number of ketones is 1. The van der Waals surface area contributed by atoms with Gasteiger partial charge in [0.15, 0.2) is 5.78 Å². The number of para-hydroxylation sites is 1. The number of aromatic nitrogens is 1. The van der Waals surface area contributed by atoms with Crippen molar-refractivity contribution in [2.45, 2.75) is 13.8 Å². The maximum absolute atomic E-state index is 10.0. The Balaban J connectivity index is 0.000000399. The van der Waals surface area contributed by atoms with Gasteiger partial charge >= 0.3 is 0 Å². The van der Waals surface area contributed by atoms with Crippen molar-refractivity contribution in [1.82, 2.24) is 4.98 Å². The topological polar surface area (TPSA) is 71.9 Å². The molecule has 7 aromatic rings. The molecule has 3 heterocycles. The molecule has 0 saturated carbocycles. The molecule has 0 unspecified atom stereocenters. The molecule has 1 radical (unpaired) electrons. The Hall–Kier alpha value is -5.49. The monoisotopic (exact) mass is 792 g/mol. The number of allylic oxidation sites excluding steroid dienone is 2. The first kappa shape index (κ1) is 30.2. The van der Waals surface area contributed by atoms with Crippen molar-refractivity contribution in [3.8, 4) is 34.3 Å². The van der Waals surface area contributed by atoms with E-state index in [1.807, 2.05) is 30.3 Å². The van der Waals surface area contributed by atoms with E-state index in [9.17, 15) is 4.79 Å². The van der Waals surface area contributed by atoms with Crippen LogP contribution < -0.4 is 14.4 Å². The molecule has 0 aliphatic carbocycles. The number of ether oxygens (including phenoxy) is 2. The summed E-state index contributed by atoms with van der Waals surface area (Å²) in [5.74, 6) is 2.87. The van der Waals surface area contributed by atoms with Crippen molar-refractivity contribution in [1.29, 1.82) is 0 Å². The second-order valence-corrected chi connectivity index (χ2v) is 11.4. The number of benzene rings is 6. The van der Waals surface area contributed by atoms with Crippen LogP contribution in [0.4, 0.5) is 17.1 Å². The molecule has 2 aliphatic rings. The second kappa shape index (κ2) is 12.0. The molecule has 6 aromatic carbocycles. The minimum absolute atomic E-state index is 0. The fourth-order valence-corrected chi connectivity index (χ4v) is 6.07. The molecule has 231 valence electrons. The van der Waals surface area contributed by atoms with Gasteiger partial charge in [-0.2, -0.15) is 0 Å². The first-order valence-corrected chi connectivity index (χ1v) is 15.0. The van der Waals surface area contributed by atoms with Crippen molar-refractivity contribution in [2.24, 2.45) is 0 Å². The minimum Gasteiger partial charge on any atom is -0.512 e. The minimum atomic E-state index is -0.125. The third-order valence-electron chi connectivity index (χ3n) is 8.05. The van der Waals surface area contributed by atoms with Crippen molar-refractivity contribution >= 4 is 55.3 Å². The van der Waals surface area contributed by atoms with E-state index in [1.165, 1.54) is 19.9 Å². The Labute approximate surface area is 284 Å². The number of carbonyl (C=O) groups excluding carboxylic acids is 1. The zero-order valence-electron chi connectivity index (χ0n) is 25.4. The molecule has 0 atom stereocenters. The van der Waals surface area contributed by atoms with Crippen LogP contribution in [0.15, 0.2) is 127 Å². The van der Waals surface area contributed by atoms with Crippen LogP contribution >= 0.6 is 0 Å². The van der Waals surface area contributed by atoms with Gasteiger partial charge in [0, 0.05) is 31.9 Å². The van der Waals surface area contributed by atoms with Gasteiger partial charge in [0.05, 0.1) is 34.1 Å². The third-order valence-corrected chi connectivity index (χ3v) is 8.05. The Bertz CT molecular complexity index is 2290. The van der Waals surface area contributed by atoms with E-state index in [2.05, 4.69) is 95.9 Å². The van der Waals surface area contributed by atoms with Gasteiger partial charge in [-0.15, -0.1) is 5.56 Å². The largest absolute Gasteiger partial charge is 0.512 e. The molecule has 2 aliphatic heterocycles. The Morgan fingerprint density at radius 2 is 1.26 bits per heavy atom. The Kier molecular flexibility index (Phi) is 7.72. The summed E-state index contributed by atoms with van der Waals surface area (Å²) in [6.07, 6.45) is 1.17. The Morgan fingerprint density at radius 1 is 0.702 bits per heavy atom. The fraction of sp³-hybridized carbons (Fsp3) is 0.0500. The number of nitrogens with zero attached hydrogens (tertiary/aromatic N) is 2. The van der Waals surface area contributed by atoms with Crippen molar-refractivity contribution in [3.63, 3.8) is 0 Å². The average molecular weight is 792 g/mol. The predicted octanol–water partition coefficient (Wildman–Crippen LogP) is 10.7. The van der Waals surface area contributed by atoms with E-state index in [4.69, 9.17) is 19.6 Å². The summed E-state index contributed by atoms with van der Waals surface area (Å²) in [5.41, 5.74) is 5.39. The van der Waals surface area contributed by atoms with E-state index >= 15 is 0 Å². The summed E-state index contributed by atoms with van der Waals surface area (Å²) in [7, 11) is 0. The normalized spacial score (nSPS) is 12.5. The van der Waals surface area contributed by atoms with Gasteiger partial charge in [-0.3, -0.25) is 9.78 Å². The van der Waals surface area contributed by atoms with E-state index in [0.29, 0.717) is 5.75 Å². The van der Waals surface area contributed by atoms with Crippen LogP contribution in [-0.2, 0) is 24.9 Å². The predicted molar refractivity (Wildman–Crippen MR) is 183 cm³/mol. The van der Waals surface area contributed by atoms with Crippen LogP contribution in [0.2, 0.25) is 0 Å². The molecule has 6 nitrogen and oxygen atoms in total. The number of aliphatic hydroxyl groups excluding tert-OH is 1. The second-order valence-electron chi connectivity index (χ2n) is 11.4. The SMILES string of the molecule is CC(=O)/C=C(/C)O.[Ir].[c-]1c(-c2ccc3ccccc3n2)cc2c3c1Oc1cc4ccccc4cc1N3c1cc3ccccc3cc1O2. The van der Waals surface area contributed by atoms with E-state index < -0.39 is 0 Å². The number of hydrogen-bond donors (Lipinski definition) is 1. The van der Waals surface area contributed by atoms with Crippen molar-refractivity contribution in [2.75, 3.05) is 4.90 Å². The molecule has 47 heavy (non-hydrogen) atoms. The van der Waals surface area contributed by atoms with Gasteiger partial charge in [0.25, 0.3) is 0 Å². The van der Waals surface area contributed by atoms with Crippen molar-refractivity contribution < 1.29 is 39.5 Å². The molecule has 0 fully saturated rings. The summed E-state index contributed by atoms with van der Waals surface area (Å²) in [6, 6.07) is 43.1. The van der Waals surface area contributed by atoms with Gasteiger partial charge in [0.1, 0.15) is 11.5 Å². The maximum Gasteiger partial charge on any atom is 0.155 e. The van der Waals surface area contributed by atoms with E-state index in [0.717, 1.165) is 78.0 Å². The maximum atomic E-state index is 10.0. The molecule has 7 heteroatoms. The number of fused-ring (bicyclic) bond motifs is 7. The van der Waals surface area contributed by atoms with Gasteiger partial charge < -0.3 is 19.5 Å². The van der Waals surface area contributed by atoms with Gasteiger partial charge in [0.2, 0.25) is 0 Å². The summed E-state index contributed by atoms with van der Waals surface area (Å²) in [5, 5.41) is 14.0. The molecule has 0 amide bonds. The van der Waals surface area contributed by atoms with E-state index in [1.54, 1.807) is 0 Å². The van der Waals surface area contributed by atoms with E-state index in [-0.39, 0.29) is 31.6 Å². The standard InChI is InChI=1S/C35H19N2O2.C5H8O2.Ir/c1-3-10-24-17-31-29(15-22(24)8-1)37-30-16-23-9-2-4-11-25(23)18-32(30)39-34-20-26(19-33(38-31)35(34)37)28-14-13-21-7-5-6-12-27(21)36-28;1-4(6)3-5(2)7;/h1-19H;3,6H,1-2H3;/q-1;;/b;4-3-;.